The van der Waals surface area contributed by atoms with Crippen LogP contribution in [0.25, 0.3) is 0 Å². The Labute approximate surface area is 182 Å². The maximum Gasteiger partial charge on any atom is 0.145 e. The quantitative estimate of drug-likeness (QED) is 0.573. The molecule has 0 radical (unpaired) electrons. The summed E-state index contributed by atoms with van der Waals surface area (Å²) in [5.41, 5.74) is 7.25. The summed E-state index contributed by atoms with van der Waals surface area (Å²) in [5.74, 6) is -0.0622. The first-order valence-corrected chi connectivity index (χ1v) is 10.6. The molecule has 1 aliphatic heterocycles. The Morgan fingerprint density at radius 3 is 2.34 bits per heavy atom. The van der Waals surface area contributed by atoms with Crippen molar-refractivity contribution in [3.63, 3.8) is 0 Å². The maximum absolute atomic E-state index is 14.2. The van der Waals surface area contributed by atoms with Crippen molar-refractivity contribution >= 4 is 23.2 Å². The topological polar surface area (TPSA) is 38.0 Å². The largest absolute Gasteiger partial charge is 0.326 e. The first kappa shape index (κ1) is 24.1. The van der Waals surface area contributed by atoms with Gasteiger partial charge in [0, 0.05) is 29.6 Å². The second-order valence-electron chi connectivity index (χ2n) is 8.63. The highest BCUT2D eigenvalue weighted by atomic mass is 35.5. The third kappa shape index (κ3) is 6.39. The molecular formula is C23H30Cl2F2N2. The summed E-state index contributed by atoms with van der Waals surface area (Å²) in [5, 5.41) is 4.08. The van der Waals surface area contributed by atoms with E-state index in [-0.39, 0.29) is 40.1 Å². The second kappa shape index (κ2) is 10.2. The molecule has 3 N–H and O–H groups in total. The highest BCUT2D eigenvalue weighted by Crippen LogP contribution is 2.37. The molecule has 1 aliphatic rings. The smallest absolute Gasteiger partial charge is 0.145 e. The summed E-state index contributed by atoms with van der Waals surface area (Å²) in [6, 6.07) is 11.1. The van der Waals surface area contributed by atoms with Crippen molar-refractivity contribution < 1.29 is 8.78 Å². The molecule has 2 aromatic rings. The van der Waals surface area contributed by atoms with Gasteiger partial charge in [0.25, 0.3) is 0 Å². The highest BCUT2D eigenvalue weighted by molar-refractivity contribution is 6.31. The van der Waals surface area contributed by atoms with E-state index in [9.17, 15) is 8.78 Å². The lowest BCUT2D eigenvalue weighted by Gasteiger charge is -2.34. The van der Waals surface area contributed by atoms with Crippen LogP contribution >= 0.6 is 23.2 Å². The van der Waals surface area contributed by atoms with Crippen molar-refractivity contribution in [2.24, 2.45) is 17.1 Å². The Balaban J connectivity index is 0.000000313. The van der Waals surface area contributed by atoms with Gasteiger partial charge >= 0.3 is 0 Å². The van der Waals surface area contributed by atoms with E-state index in [1.807, 2.05) is 0 Å². The number of hydrogen-bond donors (Lipinski definition) is 2. The van der Waals surface area contributed by atoms with Crippen LogP contribution in [0.5, 0.6) is 0 Å². The Bertz CT molecular complexity index is 794. The lowest BCUT2D eigenvalue weighted by Crippen LogP contribution is -2.42. The average Bonchev–Trinajstić information content (AvgIpc) is 2.97. The number of nitrogens with two attached hydrogens (primary N) is 1. The molecule has 0 aliphatic carbocycles. The minimum absolute atomic E-state index is 0.0170. The molecule has 1 fully saturated rings. The van der Waals surface area contributed by atoms with Gasteiger partial charge < -0.3 is 11.1 Å². The van der Waals surface area contributed by atoms with Gasteiger partial charge in [-0.3, -0.25) is 0 Å². The number of benzene rings is 2. The molecule has 1 heterocycles. The fourth-order valence-electron chi connectivity index (χ4n) is 3.43. The van der Waals surface area contributed by atoms with E-state index in [0.29, 0.717) is 23.0 Å². The maximum atomic E-state index is 14.2. The lowest BCUT2D eigenvalue weighted by molar-refractivity contribution is 0.199. The minimum Gasteiger partial charge on any atom is -0.326 e. The van der Waals surface area contributed by atoms with Crippen LogP contribution in [0.15, 0.2) is 42.5 Å². The Hall–Kier alpha value is -1.20. The van der Waals surface area contributed by atoms with E-state index in [2.05, 4.69) is 33.0 Å². The summed E-state index contributed by atoms with van der Waals surface area (Å²) < 4.78 is 26.3. The Morgan fingerprint density at radius 1 is 1.14 bits per heavy atom. The molecule has 2 nitrogen and oxygen atoms in total. The van der Waals surface area contributed by atoms with E-state index in [4.69, 9.17) is 28.9 Å². The SMILES string of the molecule is CC(C)C(C)(C)CC1NCC(c2cccc(Cl)c2F)C1N.Fc1cccc(Cl)c1. The molecule has 1 saturated heterocycles. The summed E-state index contributed by atoms with van der Waals surface area (Å²) >= 11 is 11.3. The van der Waals surface area contributed by atoms with Crippen molar-refractivity contribution in [3.8, 4) is 0 Å². The molecule has 3 atom stereocenters. The zero-order valence-corrected chi connectivity index (χ0v) is 18.9. The molecule has 0 amide bonds. The zero-order valence-electron chi connectivity index (χ0n) is 17.4. The normalized spacial score (nSPS) is 21.8. The molecule has 3 rings (SSSR count). The third-order valence-corrected chi connectivity index (χ3v) is 6.53. The average molecular weight is 443 g/mol. The van der Waals surface area contributed by atoms with Crippen LogP contribution in [-0.2, 0) is 0 Å². The Morgan fingerprint density at radius 2 is 1.79 bits per heavy atom. The van der Waals surface area contributed by atoms with Gasteiger partial charge in [0.2, 0.25) is 0 Å². The van der Waals surface area contributed by atoms with E-state index in [1.165, 1.54) is 12.1 Å². The van der Waals surface area contributed by atoms with Crippen LogP contribution in [0.4, 0.5) is 8.78 Å². The van der Waals surface area contributed by atoms with Gasteiger partial charge in [0.05, 0.1) is 5.02 Å². The van der Waals surface area contributed by atoms with Crippen molar-refractivity contribution in [2.75, 3.05) is 6.54 Å². The summed E-state index contributed by atoms with van der Waals surface area (Å²) in [7, 11) is 0. The summed E-state index contributed by atoms with van der Waals surface area (Å²) in [6.45, 7) is 9.69. The zero-order chi connectivity index (χ0) is 21.8. The van der Waals surface area contributed by atoms with Crippen molar-refractivity contribution in [1.29, 1.82) is 0 Å². The molecule has 6 heteroatoms. The summed E-state index contributed by atoms with van der Waals surface area (Å²) in [6.07, 6.45) is 0.991. The summed E-state index contributed by atoms with van der Waals surface area (Å²) in [4.78, 5) is 0. The van der Waals surface area contributed by atoms with Crippen molar-refractivity contribution in [1.82, 2.24) is 5.32 Å². The monoisotopic (exact) mass is 442 g/mol. The highest BCUT2D eigenvalue weighted by Gasteiger charge is 2.39. The van der Waals surface area contributed by atoms with Gasteiger partial charge in [-0.25, -0.2) is 8.78 Å². The molecule has 0 spiro atoms. The first-order valence-electron chi connectivity index (χ1n) is 9.87. The molecule has 29 heavy (non-hydrogen) atoms. The van der Waals surface area contributed by atoms with Gasteiger partial charge in [-0.1, -0.05) is 69.1 Å². The van der Waals surface area contributed by atoms with Gasteiger partial charge in [0.1, 0.15) is 11.6 Å². The molecule has 3 unspecified atom stereocenters. The van der Waals surface area contributed by atoms with E-state index >= 15 is 0 Å². The lowest BCUT2D eigenvalue weighted by atomic mass is 9.74. The van der Waals surface area contributed by atoms with E-state index in [1.54, 1.807) is 30.3 Å². The van der Waals surface area contributed by atoms with Crippen LogP contribution in [-0.4, -0.2) is 18.6 Å². The van der Waals surface area contributed by atoms with E-state index < -0.39 is 0 Å². The van der Waals surface area contributed by atoms with Crippen LogP contribution in [0.2, 0.25) is 10.0 Å². The van der Waals surface area contributed by atoms with Crippen LogP contribution in [0.3, 0.4) is 0 Å². The molecule has 0 saturated carbocycles. The first-order chi connectivity index (χ1) is 13.5. The Kier molecular flexibility index (Phi) is 8.48. The number of nitrogens with one attached hydrogen (secondary N) is 1. The fourth-order valence-corrected chi connectivity index (χ4v) is 3.78. The third-order valence-electron chi connectivity index (χ3n) is 6.01. The van der Waals surface area contributed by atoms with Gasteiger partial charge in [0.15, 0.2) is 0 Å². The second-order valence-corrected chi connectivity index (χ2v) is 9.47. The molecule has 0 aromatic heterocycles. The number of hydrogen-bond acceptors (Lipinski definition) is 2. The van der Waals surface area contributed by atoms with Crippen molar-refractivity contribution in [2.45, 2.75) is 52.1 Å². The number of halogens is 4. The number of rotatable bonds is 4. The van der Waals surface area contributed by atoms with E-state index in [0.717, 1.165) is 6.42 Å². The van der Waals surface area contributed by atoms with Gasteiger partial charge in [-0.05, 0) is 47.6 Å². The molecule has 2 aromatic carbocycles. The standard InChI is InChI=1S/C17H26ClFN2.C6H4ClF/c1-10(2)17(3,4)8-14-16(20)12(9-21-14)11-6-5-7-13(18)15(11)19;7-5-2-1-3-6(8)4-5/h5-7,10,12,14,16,21H,8-9,20H2,1-4H3;1-4H. The molecule has 160 valence electrons. The van der Waals surface area contributed by atoms with Crippen LogP contribution in [0.1, 0.15) is 45.6 Å². The van der Waals surface area contributed by atoms with Crippen LogP contribution in [0, 0.1) is 23.0 Å². The predicted molar refractivity (Wildman–Crippen MR) is 119 cm³/mol. The molecular weight excluding hydrogens is 413 g/mol. The predicted octanol–water partition coefficient (Wildman–Crippen LogP) is 6.41. The fraction of sp³-hybridized carbons (Fsp3) is 0.478. The minimum atomic E-state index is -0.329. The van der Waals surface area contributed by atoms with Gasteiger partial charge in [-0.15, -0.1) is 0 Å². The molecule has 0 bridgehead atoms. The van der Waals surface area contributed by atoms with Gasteiger partial charge in [-0.2, -0.15) is 0 Å². The van der Waals surface area contributed by atoms with Crippen LogP contribution < -0.4 is 11.1 Å². The van der Waals surface area contributed by atoms with Crippen molar-refractivity contribution in [3.05, 3.63) is 69.7 Å².